The van der Waals surface area contributed by atoms with Crippen molar-refractivity contribution in [2.75, 3.05) is 17.2 Å². The van der Waals surface area contributed by atoms with E-state index in [1.807, 2.05) is 12.1 Å². The Morgan fingerprint density at radius 2 is 2.07 bits per heavy atom. The predicted octanol–water partition coefficient (Wildman–Crippen LogP) is 3.66. The molecular formula is C12H19BrN2. The zero-order chi connectivity index (χ0) is 11.4. The highest BCUT2D eigenvalue weighted by molar-refractivity contribution is 9.10. The number of halogens is 1. The molecule has 0 fully saturated rings. The number of anilines is 2. The van der Waals surface area contributed by atoms with Gasteiger partial charge in [-0.25, -0.2) is 0 Å². The first-order valence-corrected chi connectivity index (χ1v) is 6.17. The highest BCUT2D eigenvalue weighted by Crippen LogP contribution is 2.28. The highest BCUT2D eigenvalue weighted by atomic mass is 79.9. The second kappa shape index (κ2) is 5.40. The van der Waals surface area contributed by atoms with Crippen LogP contribution in [0.25, 0.3) is 0 Å². The molecule has 2 nitrogen and oxygen atoms in total. The zero-order valence-electron chi connectivity index (χ0n) is 9.63. The van der Waals surface area contributed by atoms with Crippen molar-refractivity contribution in [2.24, 2.45) is 0 Å². The van der Waals surface area contributed by atoms with Gasteiger partial charge in [0.2, 0.25) is 0 Å². The van der Waals surface area contributed by atoms with Gasteiger partial charge in [-0.05, 0) is 38.5 Å². The molecule has 0 amide bonds. The van der Waals surface area contributed by atoms with Crippen LogP contribution >= 0.6 is 15.9 Å². The lowest BCUT2D eigenvalue weighted by atomic mass is 10.2. The third-order valence-electron chi connectivity index (χ3n) is 2.39. The van der Waals surface area contributed by atoms with E-state index < -0.39 is 0 Å². The van der Waals surface area contributed by atoms with E-state index in [4.69, 9.17) is 5.73 Å². The minimum atomic E-state index is 0.474. The van der Waals surface area contributed by atoms with Crippen molar-refractivity contribution in [3.63, 3.8) is 0 Å². The molecule has 0 radical (unpaired) electrons. The van der Waals surface area contributed by atoms with Crippen LogP contribution in [0.5, 0.6) is 0 Å². The van der Waals surface area contributed by atoms with E-state index in [0.717, 1.165) is 28.8 Å². The third kappa shape index (κ3) is 3.13. The van der Waals surface area contributed by atoms with E-state index in [2.05, 4.69) is 47.7 Å². The number of hydrogen-bond acceptors (Lipinski definition) is 2. The summed E-state index contributed by atoms with van der Waals surface area (Å²) in [5.41, 5.74) is 7.97. The maximum atomic E-state index is 6.00. The molecule has 0 aliphatic heterocycles. The number of rotatable bonds is 4. The van der Waals surface area contributed by atoms with Crippen molar-refractivity contribution in [2.45, 2.75) is 33.2 Å². The molecule has 15 heavy (non-hydrogen) atoms. The molecule has 84 valence electrons. The summed E-state index contributed by atoms with van der Waals surface area (Å²) >= 11 is 3.48. The summed E-state index contributed by atoms with van der Waals surface area (Å²) in [6.07, 6.45) is 1.13. The lowest BCUT2D eigenvalue weighted by Gasteiger charge is -2.29. The summed E-state index contributed by atoms with van der Waals surface area (Å²) in [4.78, 5) is 2.33. The van der Waals surface area contributed by atoms with E-state index in [9.17, 15) is 0 Å². The summed E-state index contributed by atoms with van der Waals surface area (Å²) in [6, 6.07) is 6.49. The summed E-state index contributed by atoms with van der Waals surface area (Å²) in [5, 5.41) is 0. The topological polar surface area (TPSA) is 29.3 Å². The van der Waals surface area contributed by atoms with Gasteiger partial charge in [0.25, 0.3) is 0 Å². The smallest absolute Gasteiger partial charge is 0.0613 e. The summed E-state index contributed by atoms with van der Waals surface area (Å²) < 4.78 is 1.08. The Kier molecular flexibility index (Phi) is 4.45. The van der Waals surface area contributed by atoms with Crippen molar-refractivity contribution in [1.29, 1.82) is 0 Å². The van der Waals surface area contributed by atoms with Crippen molar-refractivity contribution >= 4 is 27.3 Å². The van der Waals surface area contributed by atoms with Gasteiger partial charge in [0.05, 0.1) is 11.4 Å². The van der Waals surface area contributed by atoms with Crippen LogP contribution in [0.3, 0.4) is 0 Å². The van der Waals surface area contributed by atoms with E-state index in [1.165, 1.54) is 0 Å². The fraction of sp³-hybridized carbons (Fsp3) is 0.500. The van der Waals surface area contributed by atoms with Crippen LogP contribution in [0.4, 0.5) is 11.4 Å². The molecule has 1 rings (SSSR count). The molecular weight excluding hydrogens is 252 g/mol. The second-order valence-electron chi connectivity index (χ2n) is 3.99. The monoisotopic (exact) mass is 270 g/mol. The van der Waals surface area contributed by atoms with Crippen LogP contribution < -0.4 is 10.6 Å². The fourth-order valence-corrected chi connectivity index (χ4v) is 2.01. The molecule has 0 heterocycles. The Labute approximate surface area is 101 Å². The maximum Gasteiger partial charge on any atom is 0.0613 e. The molecule has 3 heteroatoms. The molecule has 0 aromatic heterocycles. The second-order valence-corrected chi connectivity index (χ2v) is 4.91. The number of nitrogens with zero attached hydrogens (tertiary/aromatic N) is 1. The number of nitrogens with two attached hydrogens (primary N) is 1. The minimum absolute atomic E-state index is 0.474. The molecule has 0 bridgehead atoms. The number of benzene rings is 1. The molecule has 0 aliphatic carbocycles. The Hall–Kier alpha value is -0.700. The van der Waals surface area contributed by atoms with Crippen molar-refractivity contribution in [3.05, 3.63) is 22.7 Å². The van der Waals surface area contributed by atoms with Crippen LogP contribution in [-0.4, -0.2) is 12.6 Å². The average Bonchev–Trinajstić information content (AvgIpc) is 2.18. The summed E-state index contributed by atoms with van der Waals surface area (Å²) in [7, 11) is 0. The molecule has 2 N–H and O–H groups in total. The van der Waals surface area contributed by atoms with Gasteiger partial charge in [0, 0.05) is 17.1 Å². The van der Waals surface area contributed by atoms with Gasteiger partial charge in [0.15, 0.2) is 0 Å². The molecule has 0 aliphatic rings. The molecule has 0 saturated heterocycles. The van der Waals surface area contributed by atoms with E-state index in [0.29, 0.717) is 6.04 Å². The summed E-state index contributed by atoms with van der Waals surface area (Å²) in [5.74, 6) is 0. The number of nitrogen functional groups attached to an aromatic ring is 1. The largest absolute Gasteiger partial charge is 0.397 e. The van der Waals surface area contributed by atoms with E-state index >= 15 is 0 Å². The van der Waals surface area contributed by atoms with Crippen LogP contribution in [0.15, 0.2) is 22.7 Å². The van der Waals surface area contributed by atoms with Gasteiger partial charge < -0.3 is 10.6 Å². The lowest BCUT2D eigenvalue weighted by molar-refractivity contribution is 0.672. The van der Waals surface area contributed by atoms with Gasteiger partial charge >= 0.3 is 0 Å². The summed E-state index contributed by atoms with van der Waals surface area (Å²) in [6.45, 7) is 7.61. The first-order chi connectivity index (χ1) is 7.06. The van der Waals surface area contributed by atoms with Crippen LogP contribution in [0, 0.1) is 0 Å². The Morgan fingerprint density at radius 1 is 1.40 bits per heavy atom. The van der Waals surface area contributed by atoms with Gasteiger partial charge in [-0.3, -0.25) is 0 Å². The van der Waals surface area contributed by atoms with Crippen molar-refractivity contribution in [1.82, 2.24) is 0 Å². The van der Waals surface area contributed by atoms with E-state index in [-0.39, 0.29) is 0 Å². The predicted molar refractivity (Wildman–Crippen MR) is 71.3 cm³/mol. The maximum absolute atomic E-state index is 6.00. The van der Waals surface area contributed by atoms with Crippen molar-refractivity contribution < 1.29 is 0 Å². The number of hydrogen-bond donors (Lipinski definition) is 1. The van der Waals surface area contributed by atoms with Crippen LogP contribution in [0.1, 0.15) is 27.2 Å². The average molecular weight is 271 g/mol. The quantitative estimate of drug-likeness (QED) is 0.847. The lowest BCUT2D eigenvalue weighted by Crippen LogP contribution is -2.32. The highest BCUT2D eigenvalue weighted by Gasteiger charge is 2.12. The van der Waals surface area contributed by atoms with Crippen LogP contribution in [0.2, 0.25) is 0 Å². The van der Waals surface area contributed by atoms with Crippen molar-refractivity contribution in [3.8, 4) is 0 Å². The van der Waals surface area contributed by atoms with Crippen LogP contribution in [-0.2, 0) is 0 Å². The third-order valence-corrected chi connectivity index (χ3v) is 2.88. The van der Waals surface area contributed by atoms with Gasteiger partial charge in [-0.1, -0.05) is 22.9 Å². The van der Waals surface area contributed by atoms with Gasteiger partial charge in [-0.15, -0.1) is 0 Å². The van der Waals surface area contributed by atoms with Gasteiger partial charge in [0.1, 0.15) is 0 Å². The van der Waals surface area contributed by atoms with E-state index in [1.54, 1.807) is 0 Å². The fourth-order valence-electron chi connectivity index (χ4n) is 1.66. The molecule has 0 spiro atoms. The Bertz CT molecular complexity index is 323. The minimum Gasteiger partial charge on any atom is -0.397 e. The first kappa shape index (κ1) is 12.4. The van der Waals surface area contributed by atoms with Gasteiger partial charge in [-0.2, -0.15) is 0 Å². The molecule has 1 aromatic carbocycles. The normalized spacial score (nSPS) is 10.7. The Morgan fingerprint density at radius 3 is 2.60 bits per heavy atom. The SMILES string of the molecule is CCCN(c1cc(Br)ccc1N)C(C)C. The zero-order valence-corrected chi connectivity index (χ0v) is 11.2. The molecule has 1 aromatic rings. The first-order valence-electron chi connectivity index (χ1n) is 5.38. The Balaban J connectivity index is 3.04. The molecule has 0 unspecified atom stereocenters. The standard InChI is InChI=1S/C12H19BrN2/c1-4-7-15(9(2)3)12-8-10(13)5-6-11(12)14/h5-6,8-9H,4,7,14H2,1-3H3. The molecule has 0 saturated carbocycles. The molecule has 0 atom stereocenters.